The second-order valence-corrected chi connectivity index (χ2v) is 10.1. The fourth-order valence-electron chi connectivity index (χ4n) is 4.29. The van der Waals surface area contributed by atoms with Crippen molar-refractivity contribution in [3.05, 3.63) is 57.8 Å². The van der Waals surface area contributed by atoms with Crippen LogP contribution in [-0.4, -0.2) is 23.0 Å². The Morgan fingerprint density at radius 1 is 0.861 bits per heavy atom. The van der Waals surface area contributed by atoms with Gasteiger partial charge in [-0.15, -0.1) is 0 Å². The zero-order chi connectivity index (χ0) is 26.3. The number of hydrogen-bond donors (Lipinski definition) is 0. The molecule has 0 bridgehead atoms. The largest absolute Gasteiger partial charge is 0.416 e. The normalized spacial score (nSPS) is 16.1. The lowest BCUT2D eigenvalue weighted by Crippen LogP contribution is -2.31. The van der Waals surface area contributed by atoms with Gasteiger partial charge in [0.05, 0.1) is 24.2 Å². The molecule has 1 aromatic carbocycles. The number of pyridine rings is 1. The summed E-state index contributed by atoms with van der Waals surface area (Å²) in [6, 6.07) is 6.00. The molecule has 2 aliphatic carbocycles. The first-order chi connectivity index (χ1) is 16.8. The molecular formula is C27H29F6N3. The molecule has 0 atom stereocenters. The first-order valence-electron chi connectivity index (χ1n) is 12.0. The molecule has 2 fully saturated rings. The van der Waals surface area contributed by atoms with Crippen LogP contribution in [0.25, 0.3) is 0 Å². The van der Waals surface area contributed by atoms with E-state index in [4.69, 9.17) is 11.4 Å². The Balaban J connectivity index is 1.63. The van der Waals surface area contributed by atoms with Gasteiger partial charge in [0.2, 0.25) is 0 Å². The molecule has 9 heteroatoms. The third kappa shape index (κ3) is 6.65. The van der Waals surface area contributed by atoms with Gasteiger partial charge < -0.3 is 9.80 Å². The molecule has 0 unspecified atom stereocenters. The van der Waals surface area contributed by atoms with Crippen molar-refractivity contribution < 1.29 is 26.3 Å². The van der Waals surface area contributed by atoms with Crippen LogP contribution in [0.1, 0.15) is 59.2 Å². The van der Waals surface area contributed by atoms with Gasteiger partial charge in [0.1, 0.15) is 5.82 Å². The molecule has 0 spiro atoms. The predicted octanol–water partition coefficient (Wildman–Crippen LogP) is 6.96. The highest BCUT2D eigenvalue weighted by molar-refractivity contribution is 5.50. The molecular weight excluding hydrogens is 480 g/mol. The van der Waals surface area contributed by atoms with Crippen molar-refractivity contribution in [3.63, 3.8) is 0 Å². The van der Waals surface area contributed by atoms with Gasteiger partial charge in [-0.2, -0.15) is 26.3 Å². The second kappa shape index (κ2) is 9.87. The number of terminal acetylenes is 1. The van der Waals surface area contributed by atoms with E-state index in [1.165, 1.54) is 30.6 Å². The van der Waals surface area contributed by atoms with Crippen LogP contribution in [0, 0.1) is 38.2 Å². The van der Waals surface area contributed by atoms with E-state index in [9.17, 15) is 26.3 Å². The van der Waals surface area contributed by atoms with Gasteiger partial charge in [0.15, 0.2) is 0 Å². The fraction of sp³-hybridized carbons (Fsp3) is 0.519. The maximum atomic E-state index is 13.3. The third-order valence-electron chi connectivity index (χ3n) is 6.74. The minimum Gasteiger partial charge on any atom is -0.356 e. The Labute approximate surface area is 207 Å². The molecule has 1 aromatic heterocycles. The molecule has 0 radical (unpaired) electrons. The lowest BCUT2D eigenvalue weighted by molar-refractivity contribution is -0.143. The summed E-state index contributed by atoms with van der Waals surface area (Å²) in [6.07, 6.45) is 0.574. The Morgan fingerprint density at radius 2 is 1.39 bits per heavy atom. The van der Waals surface area contributed by atoms with Crippen molar-refractivity contribution in [2.45, 2.75) is 65.0 Å². The molecule has 2 aliphatic rings. The fourth-order valence-corrected chi connectivity index (χ4v) is 4.29. The van der Waals surface area contributed by atoms with E-state index in [0.29, 0.717) is 11.8 Å². The number of rotatable bonds is 9. The van der Waals surface area contributed by atoms with Crippen molar-refractivity contribution >= 4 is 5.82 Å². The highest BCUT2D eigenvalue weighted by atomic mass is 19.4. The molecule has 3 nitrogen and oxygen atoms in total. The predicted molar refractivity (Wildman–Crippen MR) is 126 cm³/mol. The van der Waals surface area contributed by atoms with Crippen LogP contribution in [0.2, 0.25) is 0 Å². The summed E-state index contributed by atoms with van der Waals surface area (Å²) in [6.45, 7) is 5.51. The topological polar surface area (TPSA) is 19.4 Å². The van der Waals surface area contributed by atoms with Gasteiger partial charge in [-0.05, 0) is 86.8 Å². The van der Waals surface area contributed by atoms with Gasteiger partial charge in [-0.25, -0.2) is 4.98 Å². The number of alkyl halides is 6. The van der Waals surface area contributed by atoms with E-state index in [2.05, 4.69) is 10.9 Å². The van der Waals surface area contributed by atoms with Crippen molar-refractivity contribution in [1.29, 1.82) is 0 Å². The molecule has 2 aromatic rings. The molecule has 36 heavy (non-hydrogen) atoms. The minimum atomic E-state index is -4.91. The molecule has 0 saturated heterocycles. The summed E-state index contributed by atoms with van der Waals surface area (Å²) in [5, 5.41) is 0. The Bertz CT molecular complexity index is 1090. The van der Waals surface area contributed by atoms with E-state index in [1.54, 1.807) is 0 Å². The van der Waals surface area contributed by atoms with Gasteiger partial charge in [-0.3, -0.25) is 0 Å². The maximum absolute atomic E-state index is 13.3. The Kier molecular flexibility index (Phi) is 7.18. The summed E-state index contributed by atoms with van der Waals surface area (Å²) in [5.41, 5.74) is -0.204. The molecule has 1 heterocycles. The zero-order valence-corrected chi connectivity index (χ0v) is 20.3. The summed E-state index contributed by atoms with van der Waals surface area (Å²) < 4.78 is 79.9. The Morgan fingerprint density at radius 3 is 1.83 bits per heavy atom. The first-order valence-corrected chi connectivity index (χ1v) is 12.0. The molecule has 0 amide bonds. The number of nitrogens with zero attached hydrogens (tertiary/aromatic N) is 3. The number of halogens is 6. The molecule has 0 aliphatic heterocycles. The quantitative estimate of drug-likeness (QED) is 0.207. The third-order valence-corrected chi connectivity index (χ3v) is 6.74. The zero-order valence-electron chi connectivity index (χ0n) is 20.3. The lowest BCUT2D eigenvalue weighted by Gasteiger charge is -2.29. The highest BCUT2D eigenvalue weighted by Crippen LogP contribution is 2.38. The van der Waals surface area contributed by atoms with Gasteiger partial charge in [0, 0.05) is 30.4 Å². The van der Waals surface area contributed by atoms with Crippen molar-refractivity contribution in [3.8, 4) is 12.5 Å². The molecule has 0 N–H and O–H groups in total. The van der Waals surface area contributed by atoms with Crippen LogP contribution in [0.5, 0.6) is 0 Å². The monoisotopic (exact) mass is 509 g/mol. The number of aryl methyl sites for hydroxylation is 2. The van der Waals surface area contributed by atoms with Crippen LogP contribution in [-0.2, 0) is 25.4 Å². The summed E-state index contributed by atoms with van der Waals surface area (Å²) in [4.78, 5) is 8.54. The second-order valence-electron chi connectivity index (χ2n) is 10.1. The first kappa shape index (κ1) is 26.2. The summed E-state index contributed by atoms with van der Waals surface area (Å²) >= 11 is 0. The van der Waals surface area contributed by atoms with Crippen LogP contribution < -0.4 is 4.90 Å². The number of aromatic nitrogens is 1. The van der Waals surface area contributed by atoms with Crippen LogP contribution in [0.15, 0.2) is 24.3 Å². The van der Waals surface area contributed by atoms with Gasteiger partial charge >= 0.3 is 12.4 Å². The number of benzene rings is 1. The maximum Gasteiger partial charge on any atom is 0.416 e. The van der Waals surface area contributed by atoms with E-state index in [0.717, 1.165) is 47.9 Å². The van der Waals surface area contributed by atoms with Gasteiger partial charge in [-0.1, -0.05) is 6.42 Å². The minimum absolute atomic E-state index is 0.128. The van der Waals surface area contributed by atoms with E-state index >= 15 is 0 Å². The standard InChI is InChI=1S/C27H29F6N3/c1-4-35(13-21-10-23(26(28,29)30)12-24(11-21)27(31,32)33)16-22-9-17(2)18(3)34-25(22)36(14-19-5-6-19)15-20-7-8-20/h1,9-12,19-20H,5-8,13-16H2,2-3H3. The summed E-state index contributed by atoms with van der Waals surface area (Å²) in [5.74, 6) is 2.04. The SMILES string of the molecule is C#CN(Cc1cc(C(F)(F)F)cc(C(F)(F)F)c1)Cc1cc(C)c(C)nc1N(CC1CC1)CC1CC1. The average molecular weight is 510 g/mol. The van der Waals surface area contributed by atoms with E-state index < -0.39 is 23.5 Å². The van der Waals surface area contributed by atoms with Gasteiger partial charge in [0.25, 0.3) is 0 Å². The van der Waals surface area contributed by atoms with Crippen molar-refractivity contribution in [2.75, 3.05) is 18.0 Å². The van der Waals surface area contributed by atoms with Crippen molar-refractivity contribution in [1.82, 2.24) is 9.88 Å². The van der Waals surface area contributed by atoms with Crippen molar-refractivity contribution in [2.24, 2.45) is 11.8 Å². The molecule has 4 rings (SSSR count). The van der Waals surface area contributed by atoms with E-state index in [-0.39, 0.29) is 24.7 Å². The number of hydrogen-bond acceptors (Lipinski definition) is 3. The average Bonchev–Trinajstić information content (AvgIpc) is 3.71. The smallest absolute Gasteiger partial charge is 0.356 e. The number of anilines is 1. The lowest BCUT2D eigenvalue weighted by atomic mass is 10.0. The molecule has 194 valence electrons. The molecule has 2 saturated carbocycles. The Hall–Kier alpha value is -2.89. The summed E-state index contributed by atoms with van der Waals surface area (Å²) in [7, 11) is 0. The highest BCUT2D eigenvalue weighted by Gasteiger charge is 2.37. The van der Waals surface area contributed by atoms with Crippen LogP contribution in [0.4, 0.5) is 32.2 Å². The van der Waals surface area contributed by atoms with Crippen LogP contribution in [0.3, 0.4) is 0 Å². The van der Waals surface area contributed by atoms with Crippen LogP contribution >= 0.6 is 0 Å². The van der Waals surface area contributed by atoms with E-state index in [1.807, 2.05) is 19.9 Å².